The summed E-state index contributed by atoms with van der Waals surface area (Å²) in [5.41, 5.74) is 1.47. The maximum Gasteiger partial charge on any atom is 0.254 e. The molecule has 0 saturated carbocycles. The van der Waals surface area contributed by atoms with Gasteiger partial charge in [-0.2, -0.15) is 0 Å². The van der Waals surface area contributed by atoms with Gasteiger partial charge in [0, 0.05) is 44.0 Å². The smallest absolute Gasteiger partial charge is 0.254 e. The predicted molar refractivity (Wildman–Crippen MR) is 104 cm³/mol. The van der Waals surface area contributed by atoms with Gasteiger partial charge in [-0.15, -0.1) is 0 Å². The zero-order valence-electron chi connectivity index (χ0n) is 15.7. The molecule has 2 aromatic heterocycles. The Balaban J connectivity index is 1.86. The molecule has 0 aliphatic rings. The number of nitrogens with one attached hydrogen (secondary N) is 1. The molecule has 144 valence electrons. The minimum atomic E-state index is -0.274. The van der Waals surface area contributed by atoms with E-state index in [0.717, 1.165) is 5.56 Å². The SMILES string of the molecule is CNC(=O)c1ccc(CN(Cc2ccco2)C(=O)c2ccn(C)c(=O)c2)cc1. The fraction of sp³-hybridized carbons (Fsp3) is 0.190. The molecule has 7 nitrogen and oxygen atoms in total. The first-order valence-electron chi connectivity index (χ1n) is 8.77. The molecular weight excluding hydrogens is 358 g/mol. The largest absolute Gasteiger partial charge is 0.467 e. The van der Waals surface area contributed by atoms with Gasteiger partial charge in [-0.25, -0.2) is 0 Å². The first-order valence-corrected chi connectivity index (χ1v) is 8.77. The number of hydrogen-bond acceptors (Lipinski definition) is 4. The van der Waals surface area contributed by atoms with Gasteiger partial charge in [-0.3, -0.25) is 14.4 Å². The van der Waals surface area contributed by atoms with Gasteiger partial charge in [-0.1, -0.05) is 12.1 Å². The fourth-order valence-electron chi connectivity index (χ4n) is 2.78. The Morgan fingerprint density at radius 2 is 1.82 bits per heavy atom. The van der Waals surface area contributed by atoms with E-state index in [0.29, 0.717) is 23.4 Å². The molecule has 2 heterocycles. The van der Waals surface area contributed by atoms with Crippen molar-refractivity contribution < 1.29 is 14.0 Å². The summed E-state index contributed by atoms with van der Waals surface area (Å²) in [5, 5.41) is 2.57. The van der Waals surface area contributed by atoms with Gasteiger partial charge in [0.05, 0.1) is 12.8 Å². The van der Waals surface area contributed by atoms with Gasteiger partial charge < -0.3 is 19.2 Å². The third-order valence-corrected chi connectivity index (χ3v) is 4.38. The second kappa shape index (κ2) is 8.39. The minimum absolute atomic E-state index is 0.171. The molecule has 0 saturated heterocycles. The van der Waals surface area contributed by atoms with Crippen LogP contribution in [-0.4, -0.2) is 28.3 Å². The number of benzene rings is 1. The van der Waals surface area contributed by atoms with E-state index in [9.17, 15) is 14.4 Å². The molecule has 3 aromatic rings. The Morgan fingerprint density at radius 3 is 2.43 bits per heavy atom. The number of pyridine rings is 1. The van der Waals surface area contributed by atoms with Crippen LogP contribution in [0.15, 0.2) is 70.2 Å². The molecular formula is C21H21N3O4. The average Bonchev–Trinajstić information content (AvgIpc) is 3.22. The number of furan rings is 1. The molecule has 0 atom stereocenters. The Bertz CT molecular complexity index is 1020. The molecule has 0 bridgehead atoms. The van der Waals surface area contributed by atoms with Crippen LogP contribution in [0, 0.1) is 0 Å². The third kappa shape index (κ3) is 4.37. The van der Waals surface area contributed by atoms with Crippen molar-refractivity contribution in [2.75, 3.05) is 7.05 Å². The lowest BCUT2D eigenvalue weighted by molar-refractivity contribution is 0.0717. The lowest BCUT2D eigenvalue weighted by Gasteiger charge is -2.22. The summed E-state index contributed by atoms with van der Waals surface area (Å²) in [6.07, 6.45) is 3.12. The van der Waals surface area contributed by atoms with Gasteiger partial charge in [-0.05, 0) is 35.9 Å². The van der Waals surface area contributed by atoms with Crippen molar-refractivity contribution in [3.8, 4) is 0 Å². The van der Waals surface area contributed by atoms with Crippen molar-refractivity contribution in [2.24, 2.45) is 7.05 Å². The number of carbonyl (C=O) groups is 2. The van der Waals surface area contributed by atoms with Crippen LogP contribution in [0.25, 0.3) is 0 Å². The average molecular weight is 379 g/mol. The third-order valence-electron chi connectivity index (χ3n) is 4.38. The van der Waals surface area contributed by atoms with Crippen LogP contribution < -0.4 is 10.9 Å². The summed E-state index contributed by atoms with van der Waals surface area (Å²) >= 11 is 0. The molecule has 3 rings (SSSR count). The molecule has 1 aromatic carbocycles. The Labute approximate surface area is 162 Å². The van der Waals surface area contributed by atoms with E-state index in [2.05, 4.69) is 5.32 Å². The van der Waals surface area contributed by atoms with Crippen LogP contribution in [0.5, 0.6) is 0 Å². The summed E-state index contributed by atoms with van der Waals surface area (Å²) in [4.78, 5) is 38.2. The highest BCUT2D eigenvalue weighted by molar-refractivity contribution is 5.94. The summed E-state index contributed by atoms with van der Waals surface area (Å²) in [7, 11) is 3.20. The van der Waals surface area contributed by atoms with Gasteiger partial charge in [0.2, 0.25) is 0 Å². The number of aryl methyl sites for hydroxylation is 1. The lowest BCUT2D eigenvalue weighted by Crippen LogP contribution is -2.31. The summed E-state index contributed by atoms with van der Waals surface area (Å²) < 4.78 is 6.79. The monoisotopic (exact) mass is 379 g/mol. The Hall–Kier alpha value is -3.61. The van der Waals surface area contributed by atoms with E-state index in [1.165, 1.54) is 10.6 Å². The summed E-state index contributed by atoms with van der Waals surface area (Å²) in [6, 6.07) is 13.5. The van der Waals surface area contributed by atoms with Gasteiger partial charge in [0.25, 0.3) is 17.4 Å². The van der Waals surface area contributed by atoms with E-state index in [1.807, 2.05) is 0 Å². The topological polar surface area (TPSA) is 84.6 Å². The van der Waals surface area contributed by atoms with Gasteiger partial charge >= 0.3 is 0 Å². The molecule has 0 aliphatic carbocycles. The number of hydrogen-bond donors (Lipinski definition) is 1. The van der Waals surface area contributed by atoms with Crippen LogP contribution >= 0.6 is 0 Å². The lowest BCUT2D eigenvalue weighted by atomic mass is 10.1. The molecule has 0 radical (unpaired) electrons. The zero-order valence-corrected chi connectivity index (χ0v) is 15.7. The highest BCUT2D eigenvalue weighted by Gasteiger charge is 2.19. The maximum atomic E-state index is 13.0. The van der Waals surface area contributed by atoms with Crippen molar-refractivity contribution in [3.05, 3.63) is 93.8 Å². The molecule has 7 heteroatoms. The predicted octanol–water partition coefficient (Wildman–Crippen LogP) is 2.18. The van der Waals surface area contributed by atoms with Crippen molar-refractivity contribution in [1.82, 2.24) is 14.8 Å². The first kappa shape index (κ1) is 19.2. The first-order chi connectivity index (χ1) is 13.5. The number of nitrogens with zero attached hydrogens (tertiary/aromatic N) is 2. The summed E-state index contributed by atoms with van der Waals surface area (Å²) in [6.45, 7) is 0.570. The van der Waals surface area contributed by atoms with E-state index in [4.69, 9.17) is 4.42 Å². The zero-order chi connectivity index (χ0) is 20.1. The highest BCUT2D eigenvalue weighted by atomic mass is 16.3. The second-order valence-electron chi connectivity index (χ2n) is 6.38. The maximum absolute atomic E-state index is 13.0. The number of aromatic nitrogens is 1. The van der Waals surface area contributed by atoms with Gasteiger partial charge in [0.1, 0.15) is 5.76 Å². The standard InChI is InChI=1S/C21H21N3O4/c1-22-20(26)16-7-5-15(6-8-16)13-24(14-18-4-3-11-28-18)21(27)17-9-10-23(2)19(25)12-17/h3-12H,13-14H2,1-2H3,(H,22,26). The Morgan fingerprint density at radius 1 is 1.07 bits per heavy atom. The second-order valence-corrected chi connectivity index (χ2v) is 6.38. The molecule has 0 unspecified atom stereocenters. The van der Waals surface area contributed by atoms with Crippen LogP contribution in [0.1, 0.15) is 32.0 Å². The van der Waals surface area contributed by atoms with E-state index < -0.39 is 0 Å². The van der Waals surface area contributed by atoms with Crippen molar-refractivity contribution in [3.63, 3.8) is 0 Å². The van der Waals surface area contributed by atoms with Crippen molar-refractivity contribution in [1.29, 1.82) is 0 Å². The van der Waals surface area contributed by atoms with Gasteiger partial charge in [0.15, 0.2) is 0 Å². The van der Waals surface area contributed by atoms with E-state index in [-0.39, 0.29) is 23.9 Å². The molecule has 28 heavy (non-hydrogen) atoms. The number of amides is 2. The van der Waals surface area contributed by atoms with Crippen molar-refractivity contribution >= 4 is 11.8 Å². The Kier molecular flexibility index (Phi) is 5.74. The van der Waals surface area contributed by atoms with E-state index in [1.54, 1.807) is 73.9 Å². The van der Waals surface area contributed by atoms with Crippen molar-refractivity contribution in [2.45, 2.75) is 13.1 Å². The number of carbonyl (C=O) groups excluding carboxylic acids is 2. The quantitative estimate of drug-likeness (QED) is 0.711. The van der Waals surface area contributed by atoms with E-state index >= 15 is 0 Å². The number of rotatable bonds is 6. The molecule has 0 fully saturated rings. The minimum Gasteiger partial charge on any atom is -0.467 e. The summed E-state index contributed by atoms with van der Waals surface area (Å²) in [5.74, 6) is 0.193. The molecule has 1 N–H and O–H groups in total. The van der Waals surface area contributed by atoms with Crippen LogP contribution in [-0.2, 0) is 20.1 Å². The van der Waals surface area contributed by atoms with Crippen LogP contribution in [0.3, 0.4) is 0 Å². The molecule has 2 amide bonds. The highest BCUT2D eigenvalue weighted by Crippen LogP contribution is 2.15. The molecule has 0 spiro atoms. The molecule has 0 aliphatic heterocycles. The normalized spacial score (nSPS) is 10.5. The fourth-order valence-corrected chi connectivity index (χ4v) is 2.78. The van der Waals surface area contributed by atoms with Crippen LogP contribution in [0.4, 0.5) is 0 Å². The van der Waals surface area contributed by atoms with Crippen LogP contribution in [0.2, 0.25) is 0 Å².